The molecular formula is C4H3Cl3F2O3. The summed E-state index contributed by atoms with van der Waals surface area (Å²) >= 11 is 14.5. The summed E-state index contributed by atoms with van der Waals surface area (Å²) in [6, 6.07) is 0. The molecule has 0 aliphatic carbocycles. The van der Waals surface area contributed by atoms with Crippen LogP contribution in [0.4, 0.5) is 8.78 Å². The van der Waals surface area contributed by atoms with E-state index in [1.807, 2.05) is 0 Å². The molecule has 0 spiro atoms. The molecule has 72 valence electrons. The summed E-state index contributed by atoms with van der Waals surface area (Å²) < 4.78 is 21.9. The lowest BCUT2D eigenvalue weighted by atomic mass is 10.2. The molecule has 0 saturated heterocycles. The van der Waals surface area contributed by atoms with Crippen molar-refractivity contribution in [1.29, 1.82) is 0 Å². The molecule has 0 fully saturated rings. The van der Waals surface area contributed by atoms with E-state index in [0.29, 0.717) is 0 Å². The monoisotopic (exact) mass is 242 g/mol. The Balaban J connectivity index is 4.69. The van der Waals surface area contributed by atoms with Crippen LogP contribution in [0.2, 0.25) is 0 Å². The van der Waals surface area contributed by atoms with Crippen molar-refractivity contribution in [3.63, 3.8) is 0 Å². The van der Waals surface area contributed by atoms with Gasteiger partial charge in [-0.15, -0.1) is 0 Å². The summed E-state index contributed by atoms with van der Waals surface area (Å²) in [5, 5.41) is 16.4. The van der Waals surface area contributed by atoms with Gasteiger partial charge in [-0.05, 0) is 0 Å². The van der Waals surface area contributed by atoms with Gasteiger partial charge in [0.05, 0.1) is 0 Å². The minimum absolute atomic E-state index is 2.55. The summed E-state index contributed by atoms with van der Waals surface area (Å²) in [5.74, 6) is -7.04. The SMILES string of the molecule is O=C(O)C(F)(F)C(O)C(Cl)(Cl)Cl. The maximum atomic E-state index is 12.3. The summed E-state index contributed by atoms with van der Waals surface area (Å²) in [7, 11) is 0. The number of halogens is 5. The first-order valence-electron chi connectivity index (χ1n) is 2.46. The first-order valence-corrected chi connectivity index (χ1v) is 3.59. The van der Waals surface area contributed by atoms with Gasteiger partial charge in [0.15, 0.2) is 6.10 Å². The Morgan fingerprint density at radius 2 is 1.67 bits per heavy atom. The molecule has 0 aromatic carbocycles. The fourth-order valence-corrected chi connectivity index (χ4v) is 0.734. The molecule has 0 heterocycles. The second-order valence-electron chi connectivity index (χ2n) is 1.87. The highest BCUT2D eigenvalue weighted by molar-refractivity contribution is 6.68. The molecule has 0 aliphatic rings. The quantitative estimate of drug-likeness (QED) is 0.722. The second kappa shape index (κ2) is 3.49. The molecule has 0 amide bonds. The van der Waals surface area contributed by atoms with Crippen molar-refractivity contribution in [1.82, 2.24) is 0 Å². The van der Waals surface area contributed by atoms with E-state index >= 15 is 0 Å². The molecular weight excluding hydrogens is 240 g/mol. The van der Waals surface area contributed by atoms with E-state index in [0.717, 1.165) is 0 Å². The lowest BCUT2D eigenvalue weighted by Crippen LogP contribution is -2.48. The zero-order valence-electron chi connectivity index (χ0n) is 5.27. The van der Waals surface area contributed by atoms with Gasteiger partial charge in [0.2, 0.25) is 3.79 Å². The third-order valence-corrected chi connectivity index (χ3v) is 1.56. The standard InChI is InChI=1S/C4H3Cl3F2O3/c5-4(6,7)1(10)3(8,9)2(11)12/h1,10H,(H,11,12). The first kappa shape index (κ1) is 12.2. The predicted molar refractivity (Wildman–Crippen MR) is 38.9 cm³/mol. The lowest BCUT2D eigenvalue weighted by molar-refractivity contribution is -0.181. The number of carbonyl (C=O) groups is 1. The molecule has 3 nitrogen and oxygen atoms in total. The van der Waals surface area contributed by atoms with Gasteiger partial charge in [0.25, 0.3) is 0 Å². The van der Waals surface area contributed by atoms with Crippen LogP contribution in [0.25, 0.3) is 0 Å². The van der Waals surface area contributed by atoms with E-state index in [4.69, 9.17) is 45.0 Å². The largest absolute Gasteiger partial charge is 0.477 e. The van der Waals surface area contributed by atoms with Crippen LogP contribution in [0.5, 0.6) is 0 Å². The Hall–Kier alpha value is 0.160. The highest BCUT2D eigenvalue weighted by Crippen LogP contribution is 2.38. The van der Waals surface area contributed by atoms with Crippen LogP contribution in [0.1, 0.15) is 0 Å². The molecule has 2 N–H and O–H groups in total. The van der Waals surface area contributed by atoms with Crippen molar-refractivity contribution in [3.8, 4) is 0 Å². The highest BCUT2D eigenvalue weighted by Gasteiger charge is 2.55. The van der Waals surface area contributed by atoms with E-state index < -0.39 is 21.8 Å². The minimum atomic E-state index is -4.48. The molecule has 12 heavy (non-hydrogen) atoms. The maximum Gasteiger partial charge on any atom is 0.377 e. The second-order valence-corrected chi connectivity index (χ2v) is 4.24. The molecule has 0 aromatic heterocycles. The topological polar surface area (TPSA) is 57.5 Å². The van der Waals surface area contributed by atoms with Gasteiger partial charge >= 0.3 is 11.9 Å². The zero-order valence-corrected chi connectivity index (χ0v) is 7.54. The fraction of sp³-hybridized carbons (Fsp3) is 0.750. The molecule has 1 atom stereocenters. The molecule has 0 aromatic rings. The number of aliphatic carboxylic acids is 1. The maximum absolute atomic E-state index is 12.3. The van der Waals surface area contributed by atoms with E-state index in [1.54, 1.807) is 0 Å². The summed E-state index contributed by atoms with van der Waals surface area (Å²) in [6.07, 6.45) is -2.88. The van der Waals surface area contributed by atoms with Crippen molar-refractivity contribution in [3.05, 3.63) is 0 Å². The van der Waals surface area contributed by atoms with Crippen LogP contribution >= 0.6 is 34.8 Å². The Morgan fingerprint density at radius 1 is 1.33 bits per heavy atom. The molecule has 0 radical (unpaired) electrons. The van der Waals surface area contributed by atoms with Gasteiger partial charge in [-0.1, -0.05) is 34.8 Å². The fourth-order valence-electron chi connectivity index (χ4n) is 0.323. The van der Waals surface area contributed by atoms with E-state index in [2.05, 4.69) is 0 Å². The lowest BCUT2D eigenvalue weighted by Gasteiger charge is -2.23. The normalized spacial score (nSPS) is 15.8. The van der Waals surface area contributed by atoms with Crippen molar-refractivity contribution in [2.45, 2.75) is 15.8 Å². The number of aliphatic hydroxyl groups is 1. The van der Waals surface area contributed by atoms with Gasteiger partial charge < -0.3 is 10.2 Å². The van der Waals surface area contributed by atoms with Crippen molar-refractivity contribution in [2.24, 2.45) is 0 Å². The first-order chi connectivity index (χ1) is 5.10. The van der Waals surface area contributed by atoms with Crippen molar-refractivity contribution < 1.29 is 23.8 Å². The predicted octanol–water partition coefficient (Wildman–Crippen LogP) is 1.44. The van der Waals surface area contributed by atoms with Gasteiger partial charge in [-0.3, -0.25) is 0 Å². The number of rotatable bonds is 2. The number of alkyl halides is 5. The average Bonchev–Trinajstić information content (AvgIpc) is 1.83. The molecule has 0 aliphatic heterocycles. The van der Waals surface area contributed by atoms with Crippen LogP contribution in [0.3, 0.4) is 0 Å². The van der Waals surface area contributed by atoms with Gasteiger partial charge in [-0.2, -0.15) is 8.78 Å². The summed E-state index contributed by atoms with van der Waals surface area (Å²) in [6.45, 7) is 0. The van der Waals surface area contributed by atoms with Crippen LogP contribution in [0, 0.1) is 0 Å². The van der Waals surface area contributed by atoms with Gasteiger partial charge in [-0.25, -0.2) is 4.79 Å². The Labute approximate surface area is 80.8 Å². The molecule has 0 saturated carbocycles. The smallest absolute Gasteiger partial charge is 0.377 e. The minimum Gasteiger partial charge on any atom is -0.477 e. The Morgan fingerprint density at radius 3 is 1.75 bits per heavy atom. The zero-order chi connectivity index (χ0) is 10.2. The van der Waals surface area contributed by atoms with Crippen molar-refractivity contribution in [2.75, 3.05) is 0 Å². The third kappa shape index (κ3) is 2.58. The van der Waals surface area contributed by atoms with Crippen LogP contribution in [-0.2, 0) is 4.79 Å². The van der Waals surface area contributed by atoms with Gasteiger partial charge in [0.1, 0.15) is 0 Å². The van der Waals surface area contributed by atoms with E-state index in [9.17, 15) is 13.6 Å². The van der Waals surface area contributed by atoms with Crippen LogP contribution < -0.4 is 0 Å². The number of hydrogen-bond acceptors (Lipinski definition) is 2. The Kier molecular flexibility index (Phi) is 3.54. The third-order valence-electron chi connectivity index (χ3n) is 0.939. The number of hydrogen-bond donors (Lipinski definition) is 2. The van der Waals surface area contributed by atoms with Crippen LogP contribution in [-0.4, -0.2) is 32.0 Å². The highest BCUT2D eigenvalue weighted by atomic mass is 35.6. The average molecular weight is 243 g/mol. The molecule has 0 bridgehead atoms. The van der Waals surface area contributed by atoms with E-state index in [1.165, 1.54) is 0 Å². The van der Waals surface area contributed by atoms with Crippen LogP contribution in [0.15, 0.2) is 0 Å². The molecule has 0 rings (SSSR count). The number of aliphatic hydroxyl groups excluding tert-OH is 1. The van der Waals surface area contributed by atoms with E-state index in [-0.39, 0.29) is 0 Å². The Bertz CT molecular complexity index is 190. The molecule has 1 unspecified atom stereocenters. The van der Waals surface area contributed by atoms with Crippen molar-refractivity contribution >= 4 is 40.8 Å². The summed E-state index contributed by atoms with van der Waals surface area (Å²) in [4.78, 5) is 9.82. The molecule has 8 heteroatoms. The van der Waals surface area contributed by atoms with Gasteiger partial charge in [0, 0.05) is 0 Å². The summed E-state index contributed by atoms with van der Waals surface area (Å²) in [5.41, 5.74) is 0. The number of carboxylic acid groups (broad SMARTS) is 1. The number of carboxylic acids is 1.